The minimum Gasteiger partial charge on any atom is -0.368 e. The molecule has 2 aliphatic heterocycles. The summed E-state index contributed by atoms with van der Waals surface area (Å²) in [4.78, 5) is 4.42. The third kappa shape index (κ3) is 3.49. The smallest absolute Gasteiger partial charge is 0.368 e. The Labute approximate surface area is 171 Å². The van der Waals surface area contributed by atoms with Crippen molar-refractivity contribution in [3.63, 3.8) is 0 Å². The van der Waals surface area contributed by atoms with Crippen molar-refractivity contribution in [2.24, 2.45) is 0 Å². The van der Waals surface area contributed by atoms with Crippen LogP contribution in [0.2, 0.25) is 0 Å². The van der Waals surface area contributed by atoms with Gasteiger partial charge in [0.1, 0.15) is 0 Å². The van der Waals surface area contributed by atoms with E-state index in [2.05, 4.69) is 44.7 Å². The first-order valence-electron chi connectivity index (χ1n) is 10.5. The topological polar surface area (TPSA) is 6.48 Å². The summed E-state index contributed by atoms with van der Waals surface area (Å²) in [6.07, 6.45) is -1.87. The van der Waals surface area contributed by atoms with Crippen LogP contribution in [0.4, 0.5) is 24.5 Å². The summed E-state index contributed by atoms with van der Waals surface area (Å²) in [6.45, 7) is 10.3. The second-order valence-electron chi connectivity index (χ2n) is 8.71. The Kier molecular flexibility index (Phi) is 5.04. The average molecular weight is 403 g/mol. The molecule has 0 aromatic heterocycles. The highest BCUT2D eigenvalue weighted by Crippen LogP contribution is 2.43. The standard InChI is InChI=1S/C24H29F3N2/c1-15(2)28-13-11-20-19(9-8-16(3)22(20)28)14-17(4)29-12-10-18-6-5-7-21(23(18)29)24(25,26)27/h5-9,15,17H,10-14H2,1-4H3. The molecule has 2 heterocycles. The van der Waals surface area contributed by atoms with Crippen molar-refractivity contribution >= 4 is 11.4 Å². The Hall–Kier alpha value is -2.17. The van der Waals surface area contributed by atoms with Crippen molar-refractivity contribution in [1.29, 1.82) is 0 Å². The van der Waals surface area contributed by atoms with Gasteiger partial charge in [0.25, 0.3) is 0 Å². The maximum absolute atomic E-state index is 13.6. The first-order chi connectivity index (χ1) is 13.7. The molecule has 0 N–H and O–H groups in total. The molecule has 0 amide bonds. The fourth-order valence-corrected chi connectivity index (χ4v) is 5.11. The number of anilines is 2. The van der Waals surface area contributed by atoms with Gasteiger partial charge in [0, 0.05) is 30.9 Å². The highest BCUT2D eigenvalue weighted by Gasteiger charge is 2.39. The number of para-hydroxylation sites is 1. The van der Waals surface area contributed by atoms with Crippen molar-refractivity contribution in [3.8, 4) is 0 Å². The predicted octanol–water partition coefficient (Wildman–Crippen LogP) is 5.78. The van der Waals surface area contributed by atoms with Gasteiger partial charge in [-0.25, -0.2) is 0 Å². The number of hydrogen-bond acceptors (Lipinski definition) is 2. The van der Waals surface area contributed by atoms with Crippen molar-refractivity contribution in [3.05, 3.63) is 58.1 Å². The van der Waals surface area contributed by atoms with Gasteiger partial charge in [-0.1, -0.05) is 24.3 Å². The molecular formula is C24H29F3N2. The van der Waals surface area contributed by atoms with Crippen molar-refractivity contribution in [2.75, 3.05) is 22.9 Å². The van der Waals surface area contributed by atoms with Crippen molar-refractivity contribution < 1.29 is 13.2 Å². The van der Waals surface area contributed by atoms with Crippen LogP contribution in [-0.4, -0.2) is 25.2 Å². The summed E-state index contributed by atoms with van der Waals surface area (Å²) in [7, 11) is 0. The molecule has 29 heavy (non-hydrogen) atoms. The normalized spacial score (nSPS) is 17.1. The quantitative estimate of drug-likeness (QED) is 0.640. The van der Waals surface area contributed by atoms with E-state index in [9.17, 15) is 13.2 Å². The lowest BCUT2D eigenvalue weighted by Crippen LogP contribution is -2.34. The molecule has 4 rings (SSSR count). The van der Waals surface area contributed by atoms with Gasteiger partial charge < -0.3 is 9.80 Å². The van der Waals surface area contributed by atoms with E-state index in [-0.39, 0.29) is 6.04 Å². The molecule has 2 aromatic rings. The van der Waals surface area contributed by atoms with Crippen molar-refractivity contribution in [2.45, 2.75) is 65.2 Å². The molecule has 5 heteroatoms. The summed E-state index contributed by atoms with van der Waals surface area (Å²) in [5, 5.41) is 0. The van der Waals surface area contributed by atoms with Gasteiger partial charge in [-0.15, -0.1) is 0 Å². The Bertz CT molecular complexity index is 917. The summed E-state index contributed by atoms with van der Waals surface area (Å²) >= 11 is 0. The number of rotatable bonds is 4. The van der Waals surface area contributed by atoms with Crippen LogP contribution in [0.15, 0.2) is 30.3 Å². The van der Waals surface area contributed by atoms with E-state index < -0.39 is 11.7 Å². The molecule has 1 atom stereocenters. The summed E-state index contributed by atoms with van der Waals surface area (Å²) in [6, 6.07) is 9.39. The Morgan fingerprint density at radius 3 is 2.34 bits per heavy atom. The number of hydrogen-bond donors (Lipinski definition) is 0. The largest absolute Gasteiger partial charge is 0.418 e. The van der Waals surface area contributed by atoms with Crippen LogP contribution in [0.5, 0.6) is 0 Å². The summed E-state index contributed by atoms with van der Waals surface area (Å²) in [5.74, 6) is 0. The Morgan fingerprint density at radius 1 is 0.931 bits per heavy atom. The molecule has 1 unspecified atom stereocenters. The molecule has 2 aromatic carbocycles. The number of benzene rings is 2. The van der Waals surface area contributed by atoms with E-state index >= 15 is 0 Å². The van der Waals surface area contributed by atoms with Gasteiger partial charge in [-0.2, -0.15) is 13.2 Å². The second kappa shape index (κ2) is 7.26. The molecule has 0 spiro atoms. The van der Waals surface area contributed by atoms with Gasteiger partial charge in [0.2, 0.25) is 0 Å². The van der Waals surface area contributed by atoms with Gasteiger partial charge in [-0.05, 0) is 75.3 Å². The molecule has 0 radical (unpaired) electrons. The van der Waals surface area contributed by atoms with Crippen molar-refractivity contribution in [1.82, 2.24) is 0 Å². The van der Waals surface area contributed by atoms with Crippen LogP contribution >= 0.6 is 0 Å². The van der Waals surface area contributed by atoms with Gasteiger partial charge in [0.15, 0.2) is 0 Å². The molecule has 0 bridgehead atoms. The van der Waals surface area contributed by atoms with E-state index in [0.29, 0.717) is 24.7 Å². The average Bonchev–Trinajstić information content (AvgIpc) is 3.28. The highest BCUT2D eigenvalue weighted by atomic mass is 19.4. The monoisotopic (exact) mass is 402 g/mol. The fourth-order valence-electron chi connectivity index (χ4n) is 5.11. The predicted molar refractivity (Wildman–Crippen MR) is 113 cm³/mol. The molecule has 156 valence electrons. The number of aryl methyl sites for hydroxylation is 1. The van der Waals surface area contributed by atoms with Crippen LogP contribution in [0.25, 0.3) is 0 Å². The van der Waals surface area contributed by atoms with E-state index in [0.717, 1.165) is 24.9 Å². The lowest BCUT2D eigenvalue weighted by atomic mass is 9.95. The van der Waals surface area contributed by atoms with Gasteiger partial charge >= 0.3 is 6.18 Å². The maximum Gasteiger partial charge on any atom is 0.418 e. The second-order valence-corrected chi connectivity index (χ2v) is 8.71. The van der Waals surface area contributed by atoms with Crippen LogP contribution in [-0.2, 0) is 25.4 Å². The van der Waals surface area contributed by atoms with Crippen LogP contribution in [0.3, 0.4) is 0 Å². The lowest BCUT2D eigenvalue weighted by molar-refractivity contribution is -0.137. The number of nitrogens with zero attached hydrogens (tertiary/aromatic N) is 2. The minimum atomic E-state index is -4.32. The Balaban J connectivity index is 1.65. The van der Waals surface area contributed by atoms with Crippen LogP contribution in [0, 0.1) is 6.92 Å². The summed E-state index contributed by atoms with van der Waals surface area (Å²) < 4.78 is 40.9. The molecule has 2 nitrogen and oxygen atoms in total. The molecule has 0 saturated heterocycles. The fraction of sp³-hybridized carbons (Fsp3) is 0.500. The van der Waals surface area contributed by atoms with Crippen LogP contribution < -0.4 is 9.80 Å². The van der Waals surface area contributed by atoms with E-state index in [1.165, 1.54) is 34.5 Å². The number of fused-ring (bicyclic) bond motifs is 2. The van der Waals surface area contributed by atoms with Crippen LogP contribution in [0.1, 0.15) is 48.6 Å². The molecule has 2 aliphatic rings. The minimum absolute atomic E-state index is 0.0136. The lowest BCUT2D eigenvalue weighted by Gasteiger charge is -2.31. The number of alkyl halides is 3. The SMILES string of the molecule is Cc1ccc(CC(C)N2CCc3cccc(C(F)(F)F)c32)c2c1N(C(C)C)CC2. The van der Waals surface area contributed by atoms with E-state index in [1.54, 1.807) is 0 Å². The third-order valence-corrected chi connectivity index (χ3v) is 6.48. The highest BCUT2D eigenvalue weighted by molar-refractivity contribution is 5.67. The third-order valence-electron chi connectivity index (χ3n) is 6.48. The molecule has 0 fully saturated rings. The Morgan fingerprint density at radius 2 is 1.66 bits per heavy atom. The maximum atomic E-state index is 13.6. The molecular weight excluding hydrogens is 373 g/mol. The number of halogens is 3. The van der Waals surface area contributed by atoms with Gasteiger partial charge in [-0.3, -0.25) is 0 Å². The summed E-state index contributed by atoms with van der Waals surface area (Å²) in [5.41, 5.74) is 5.98. The van der Waals surface area contributed by atoms with E-state index in [1.807, 2.05) is 11.0 Å². The first kappa shape index (κ1) is 20.1. The van der Waals surface area contributed by atoms with E-state index in [4.69, 9.17) is 0 Å². The molecule has 0 saturated carbocycles. The molecule has 0 aliphatic carbocycles. The first-order valence-corrected chi connectivity index (χ1v) is 10.5. The van der Waals surface area contributed by atoms with Gasteiger partial charge in [0.05, 0.1) is 11.3 Å². The zero-order chi connectivity index (χ0) is 20.9. The zero-order valence-electron chi connectivity index (χ0n) is 17.6. The zero-order valence-corrected chi connectivity index (χ0v) is 17.6.